The van der Waals surface area contributed by atoms with Gasteiger partial charge in [0.25, 0.3) is 0 Å². The summed E-state index contributed by atoms with van der Waals surface area (Å²) >= 11 is 5.50. The summed E-state index contributed by atoms with van der Waals surface area (Å²) in [4.78, 5) is 15.5. The maximum absolute atomic E-state index is 13.9. The van der Waals surface area contributed by atoms with E-state index in [4.69, 9.17) is 11.6 Å². The Hall–Kier alpha value is -2.20. The molecule has 2 nitrogen and oxygen atoms in total. The lowest BCUT2D eigenvalue weighted by molar-refractivity contribution is 0.103. The first kappa shape index (κ1) is 13.8. The van der Waals surface area contributed by atoms with Gasteiger partial charge in [0.15, 0.2) is 5.78 Å². The fraction of sp³-hybridized carbons (Fsp3) is 0.0625. The van der Waals surface area contributed by atoms with Crippen LogP contribution >= 0.6 is 11.6 Å². The zero-order chi connectivity index (χ0) is 15.1. The summed E-state index contributed by atoms with van der Waals surface area (Å²) in [5.74, 6) is -2.24. The van der Waals surface area contributed by atoms with Crippen LogP contribution in [0.4, 0.5) is 8.78 Å². The average Bonchev–Trinajstić information content (AvgIpc) is 2.87. The first-order chi connectivity index (χ1) is 9.99. The molecule has 0 spiro atoms. The molecule has 0 aliphatic carbocycles. The van der Waals surface area contributed by atoms with Crippen LogP contribution in [0.1, 0.15) is 21.5 Å². The number of fused-ring (bicyclic) bond motifs is 1. The molecule has 0 aliphatic rings. The molecule has 0 fully saturated rings. The summed E-state index contributed by atoms with van der Waals surface area (Å²) in [5, 5.41) is 0.358. The minimum absolute atomic E-state index is 0.309. The van der Waals surface area contributed by atoms with Crippen molar-refractivity contribution in [1.29, 1.82) is 0 Å². The molecule has 5 heteroatoms. The highest BCUT2D eigenvalue weighted by atomic mass is 35.5. The van der Waals surface area contributed by atoms with Gasteiger partial charge in [0.05, 0.1) is 10.6 Å². The number of H-pyrrole nitrogens is 1. The topological polar surface area (TPSA) is 32.9 Å². The minimum Gasteiger partial charge on any atom is -0.360 e. The number of carbonyl (C=O) groups excluding carboxylic acids is 1. The smallest absolute Gasteiger partial charge is 0.198 e. The third-order valence-corrected chi connectivity index (χ3v) is 3.70. The number of carbonyl (C=O) groups is 1. The molecule has 1 heterocycles. The molecule has 0 bridgehead atoms. The predicted molar refractivity (Wildman–Crippen MR) is 77.8 cm³/mol. The standard InChI is InChI=1S/C16H10ClF2NO/c1-8-3-2-4-14-15(8)10(7-20-14)16(21)9-5-13(19)11(17)6-12(9)18/h2-7,20H,1H3. The molecule has 0 aliphatic heterocycles. The number of aromatic amines is 1. The van der Waals surface area contributed by atoms with Crippen molar-refractivity contribution in [2.75, 3.05) is 0 Å². The predicted octanol–water partition coefficient (Wildman–Crippen LogP) is 4.64. The number of halogens is 3. The number of ketones is 1. The largest absolute Gasteiger partial charge is 0.360 e. The Balaban J connectivity index is 2.20. The molecule has 21 heavy (non-hydrogen) atoms. The Morgan fingerprint density at radius 1 is 1.14 bits per heavy atom. The van der Waals surface area contributed by atoms with E-state index < -0.39 is 17.4 Å². The molecular weight excluding hydrogens is 296 g/mol. The second-order valence-electron chi connectivity index (χ2n) is 4.78. The van der Waals surface area contributed by atoms with Crippen LogP contribution in [0.2, 0.25) is 5.02 Å². The van der Waals surface area contributed by atoms with Gasteiger partial charge in [-0.1, -0.05) is 23.7 Å². The van der Waals surface area contributed by atoms with E-state index in [1.165, 1.54) is 6.20 Å². The Morgan fingerprint density at radius 2 is 1.90 bits per heavy atom. The van der Waals surface area contributed by atoms with Crippen molar-refractivity contribution in [1.82, 2.24) is 4.98 Å². The number of aryl methyl sites for hydroxylation is 1. The zero-order valence-corrected chi connectivity index (χ0v) is 11.8. The summed E-state index contributed by atoms with van der Waals surface area (Å²) in [6.45, 7) is 1.85. The molecule has 0 radical (unpaired) electrons. The van der Waals surface area contributed by atoms with Gasteiger partial charge in [-0.3, -0.25) is 4.79 Å². The molecule has 106 valence electrons. The third-order valence-electron chi connectivity index (χ3n) is 3.41. The Labute approximate surface area is 124 Å². The SMILES string of the molecule is Cc1cccc2[nH]cc(C(=O)c3cc(F)c(Cl)cc3F)c12. The fourth-order valence-electron chi connectivity index (χ4n) is 2.39. The van der Waals surface area contributed by atoms with E-state index in [9.17, 15) is 13.6 Å². The van der Waals surface area contributed by atoms with E-state index in [1.54, 1.807) is 0 Å². The van der Waals surface area contributed by atoms with Crippen molar-refractivity contribution < 1.29 is 13.6 Å². The fourth-order valence-corrected chi connectivity index (χ4v) is 2.54. The van der Waals surface area contributed by atoms with E-state index >= 15 is 0 Å². The molecule has 3 rings (SSSR count). The first-order valence-corrected chi connectivity index (χ1v) is 6.63. The molecule has 0 saturated heterocycles. The van der Waals surface area contributed by atoms with E-state index in [0.717, 1.165) is 23.2 Å². The first-order valence-electron chi connectivity index (χ1n) is 6.25. The van der Waals surface area contributed by atoms with Crippen molar-refractivity contribution in [3.8, 4) is 0 Å². The Morgan fingerprint density at radius 3 is 2.67 bits per heavy atom. The van der Waals surface area contributed by atoms with Crippen molar-refractivity contribution in [2.45, 2.75) is 6.92 Å². The van der Waals surface area contributed by atoms with Gasteiger partial charge >= 0.3 is 0 Å². The molecule has 0 saturated carbocycles. The maximum Gasteiger partial charge on any atom is 0.198 e. The molecule has 0 atom stereocenters. The van der Waals surface area contributed by atoms with Gasteiger partial charge < -0.3 is 4.98 Å². The number of aromatic nitrogens is 1. The van der Waals surface area contributed by atoms with Crippen LogP contribution in [-0.4, -0.2) is 10.8 Å². The van der Waals surface area contributed by atoms with Crippen molar-refractivity contribution in [3.63, 3.8) is 0 Å². The Bertz CT molecular complexity index is 870. The highest BCUT2D eigenvalue weighted by Crippen LogP contribution is 2.27. The molecular formula is C16H10ClF2NO. The summed E-state index contributed by atoms with van der Waals surface area (Å²) in [6.07, 6.45) is 1.51. The number of benzene rings is 2. The van der Waals surface area contributed by atoms with Crippen LogP contribution in [0.3, 0.4) is 0 Å². The van der Waals surface area contributed by atoms with E-state index in [1.807, 2.05) is 25.1 Å². The highest BCUT2D eigenvalue weighted by Gasteiger charge is 2.20. The van der Waals surface area contributed by atoms with E-state index in [0.29, 0.717) is 10.9 Å². The summed E-state index contributed by atoms with van der Waals surface area (Å²) in [6, 6.07) is 7.16. The van der Waals surface area contributed by atoms with Crippen LogP contribution in [0.25, 0.3) is 10.9 Å². The minimum atomic E-state index is -0.839. The van der Waals surface area contributed by atoms with Crippen molar-refractivity contribution in [3.05, 3.63) is 69.9 Å². The van der Waals surface area contributed by atoms with Crippen molar-refractivity contribution in [2.24, 2.45) is 0 Å². The lowest BCUT2D eigenvalue weighted by Crippen LogP contribution is -2.05. The van der Waals surface area contributed by atoms with Gasteiger partial charge in [0.1, 0.15) is 11.6 Å². The Kier molecular flexibility index (Phi) is 3.26. The van der Waals surface area contributed by atoms with Crippen LogP contribution in [-0.2, 0) is 0 Å². The van der Waals surface area contributed by atoms with Gasteiger partial charge in [0.2, 0.25) is 0 Å². The van der Waals surface area contributed by atoms with E-state index in [-0.39, 0.29) is 10.6 Å². The van der Waals surface area contributed by atoms with Gasteiger partial charge in [0, 0.05) is 22.7 Å². The summed E-state index contributed by atoms with van der Waals surface area (Å²) in [5.41, 5.74) is 1.63. The monoisotopic (exact) mass is 305 g/mol. The van der Waals surface area contributed by atoms with Gasteiger partial charge in [-0.25, -0.2) is 8.78 Å². The summed E-state index contributed by atoms with van der Waals surface area (Å²) in [7, 11) is 0. The maximum atomic E-state index is 13.9. The lowest BCUT2D eigenvalue weighted by Gasteiger charge is -2.05. The highest BCUT2D eigenvalue weighted by molar-refractivity contribution is 6.31. The second kappa shape index (κ2) is 4.97. The molecule has 2 aromatic carbocycles. The van der Waals surface area contributed by atoms with Gasteiger partial charge in [-0.15, -0.1) is 0 Å². The molecule has 1 N–H and O–H groups in total. The molecule has 3 aromatic rings. The van der Waals surface area contributed by atoms with Crippen LogP contribution in [0.5, 0.6) is 0 Å². The normalized spacial score (nSPS) is 11.0. The number of hydrogen-bond acceptors (Lipinski definition) is 1. The average molecular weight is 306 g/mol. The van der Waals surface area contributed by atoms with Crippen molar-refractivity contribution >= 4 is 28.3 Å². The lowest BCUT2D eigenvalue weighted by atomic mass is 9.99. The van der Waals surface area contributed by atoms with Crippen LogP contribution in [0, 0.1) is 18.6 Å². The number of hydrogen-bond donors (Lipinski definition) is 1. The molecule has 0 amide bonds. The van der Waals surface area contributed by atoms with E-state index in [2.05, 4.69) is 4.98 Å². The quantitative estimate of drug-likeness (QED) is 0.543. The molecule has 0 unspecified atom stereocenters. The van der Waals surface area contributed by atoms with Gasteiger partial charge in [-0.05, 0) is 30.7 Å². The number of nitrogens with one attached hydrogen (secondary N) is 1. The van der Waals surface area contributed by atoms with Gasteiger partial charge in [-0.2, -0.15) is 0 Å². The number of rotatable bonds is 2. The second-order valence-corrected chi connectivity index (χ2v) is 5.18. The summed E-state index contributed by atoms with van der Waals surface area (Å²) < 4.78 is 27.4. The zero-order valence-electron chi connectivity index (χ0n) is 11.0. The molecule has 1 aromatic heterocycles. The third kappa shape index (κ3) is 2.21. The van der Waals surface area contributed by atoms with Crippen LogP contribution < -0.4 is 0 Å². The van der Waals surface area contributed by atoms with Crippen LogP contribution in [0.15, 0.2) is 36.5 Å².